The number of likely N-dealkylation sites (N-methyl/N-ethyl adjacent to an activating group) is 1. The van der Waals surface area contributed by atoms with E-state index in [1.807, 2.05) is 19.9 Å². The maximum Gasteiger partial charge on any atom is 0.270 e. The molecule has 2 saturated heterocycles. The molecule has 2 fully saturated rings. The Morgan fingerprint density at radius 2 is 1.86 bits per heavy atom. The zero-order valence-electron chi connectivity index (χ0n) is 16.5. The molecule has 0 bridgehead atoms. The second-order valence-electron chi connectivity index (χ2n) is 7.12. The predicted molar refractivity (Wildman–Crippen MR) is 114 cm³/mol. The molecule has 0 aromatic carbocycles. The summed E-state index contributed by atoms with van der Waals surface area (Å²) in [5.74, 6) is 0.501. The number of carbonyl (C=O) groups excluding carboxylic acids is 1. The summed E-state index contributed by atoms with van der Waals surface area (Å²) < 4.78 is 7.80. The summed E-state index contributed by atoms with van der Waals surface area (Å²) in [6, 6.07) is 2.01. The van der Waals surface area contributed by atoms with Crippen LogP contribution in [0.3, 0.4) is 0 Å². The molecule has 9 heteroatoms. The van der Waals surface area contributed by atoms with Crippen LogP contribution in [0.1, 0.15) is 30.5 Å². The Labute approximate surface area is 173 Å². The zero-order valence-corrected chi connectivity index (χ0v) is 18.1. The monoisotopic (exact) mass is 418 g/mol. The van der Waals surface area contributed by atoms with Crippen molar-refractivity contribution < 1.29 is 9.53 Å². The molecule has 3 rings (SSSR count). The van der Waals surface area contributed by atoms with Crippen LogP contribution < -0.4 is 10.5 Å². The van der Waals surface area contributed by atoms with Crippen molar-refractivity contribution in [2.45, 2.75) is 33.0 Å². The standard InChI is InChI=1S/C19H22N4O3S2/c1-10-8-23(9-11(2)26-10)16-13(6-15-18(25)22(5)19(27)28-15)12(3)14(7-20)17(24)21(16)4/h6,10-11H,8-9H2,1-5H3/b15-6-/t10-,11-/m1/s1. The van der Waals surface area contributed by atoms with Crippen LogP contribution in [0.15, 0.2) is 9.70 Å². The maximum absolute atomic E-state index is 12.8. The van der Waals surface area contributed by atoms with E-state index < -0.39 is 0 Å². The molecule has 1 aromatic rings. The third-order valence-electron chi connectivity index (χ3n) is 4.95. The molecule has 2 aliphatic heterocycles. The smallest absolute Gasteiger partial charge is 0.270 e. The van der Waals surface area contributed by atoms with Gasteiger partial charge >= 0.3 is 0 Å². The number of thioether (sulfide) groups is 1. The van der Waals surface area contributed by atoms with Gasteiger partial charge in [-0.15, -0.1) is 0 Å². The van der Waals surface area contributed by atoms with Crippen molar-refractivity contribution in [3.05, 3.63) is 31.9 Å². The van der Waals surface area contributed by atoms with Crippen molar-refractivity contribution in [3.63, 3.8) is 0 Å². The van der Waals surface area contributed by atoms with Gasteiger partial charge in [0.1, 0.15) is 21.8 Å². The normalized spacial score (nSPS) is 24.2. The number of hydrogen-bond donors (Lipinski definition) is 0. The molecule has 0 N–H and O–H groups in total. The summed E-state index contributed by atoms with van der Waals surface area (Å²) in [5.41, 5.74) is 0.989. The van der Waals surface area contributed by atoms with Crippen LogP contribution >= 0.6 is 24.0 Å². The second kappa shape index (κ2) is 7.70. The summed E-state index contributed by atoms with van der Waals surface area (Å²) in [6.45, 7) is 6.94. The highest BCUT2D eigenvalue weighted by Crippen LogP contribution is 2.35. The van der Waals surface area contributed by atoms with Crippen LogP contribution in [0.4, 0.5) is 5.82 Å². The molecule has 28 heavy (non-hydrogen) atoms. The highest BCUT2D eigenvalue weighted by atomic mass is 32.2. The van der Waals surface area contributed by atoms with Crippen molar-refractivity contribution in [1.82, 2.24) is 9.47 Å². The molecule has 0 saturated carbocycles. The van der Waals surface area contributed by atoms with Gasteiger partial charge in [0, 0.05) is 32.7 Å². The average Bonchev–Trinajstić information content (AvgIpc) is 2.86. The van der Waals surface area contributed by atoms with E-state index in [4.69, 9.17) is 17.0 Å². The number of anilines is 1. The summed E-state index contributed by atoms with van der Waals surface area (Å²) in [6.07, 6.45) is 1.74. The van der Waals surface area contributed by atoms with Gasteiger partial charge in [-0.05, 0) is 32.4 Å². The molecule has 2 atom stereocenters. The number of morpholine rings is 1. The molecular formula is C19H22N4O3S2. The van der Waals surface area contributed by atoms with Gasteiger partial charge in [0.25, 0.3) is 11.5 Å². The SMILES string of the molecule is Cc1c(/C=C2\SC(=S)N(C)C2=O)c(N2C[C@@H](C)O[C@H](C)C2)n(C)c(=O)c1C#N. The van der Waals surface area contributed by atoms with E-state index in [2.05, 4.69) is 4.90 Å². The number of pyridine rings is 1. The third-order valence-corrected chi connectivity index (χ3v) is 6.43. The first-order valence-corrected chi connectivity index (χ1v) is 10.1. The largest absolute Gasteiger partial charge is 0.372 e. The van der Waals surface area contributed by atoms with E-state index in [1.54, 1.807) is 27.1 Å². The first-order chi connectivity index (χ1) is 13.1. The van der Waals surface area contributed by atoms with Crippen LogP contribution in [-0.2, 0) is 16.6 Å². The lowest BCUT2D eigenvalue weighted by Gasteiger charge is -2.38. The Morgan fingerprint density at radius 3 is 2.36 bits per heavy atom. The molecule has 0 unspecified atom stereocenters. The van der Waals surface area contributed by atoms with Gasteiger partial charge in [0.2, 0.25) is 0 Å². The fraction of sp³-hybridized carbons (Fsp3) is 0.474. The number of nitrogens with zero attached hydrogens (tertiary/aromatic N) is 4. The average molecular weight is 419 g/mol. The van der Waals surface area contributed by atoms with Crippen molar-refractivity contribution in [2.24, 2.45) is 7.05 Å². The molecule has 0 radical (unpaired) electrons. The Balaban J connectivity index is 2.24. The fourth-order valence-electron chi connectivity index (χ4n) is 3.62. The lowest BCUT2D eigenvalue weighted by atomic mass is 10.0. The Hall–Kier alpha value is -2.15. The van der Waals surface area contributed by atoms with E-state index in [0.717, 1.165) is 0 Å². The Morgan fingerprint density at radius 1 is 1.25 bits per heavy atom. The van der Waals surface area contributed by atoms with Gasteiger partial charge in [-0.3, -0.25) is 19.1 Å². The highest BCUT2D eigenvalue weighted by Gasteiger charge is 2.32. The van der Waals surface area contributed by atoms with Crippen LogP contribution in [-0.4, -0.2) is 52.0 Å². The van der Waals surface area contributed by atoms with Gasteiger partial charge in [0.15, 0.2) is 0 Å². The van der Waals surface area contributed by atoms with E-state index >= 15 is 0 Å². The van der Waals surface area contributed by atoms with Crippen LogP contribution in [0.5, 0.6) is 0 Å². The van der Waals surface area contributed by atoms with Gasteiger partial charge in [-0.25, -0.2) is 0 Å². The van der Waals surface area contributed by atoms with Gasteiger partial charge in [-0.2, -0.15) is 5.26 Å². The Kier molecular flexibility index (Phi) is 5.66. The molecule has 7 nitrogen and oxygen atoms in total. The van der Waals surface area contributed by atoms with E-state index in [9.17, 15) is 14.9 Å². The van der Waals surface area contributed by atoms with Gasteiger partial charge in [0.05, 0.1) is 17.1 Å². The minimum absolute atomic E-state index is 0.00324. The van der Waals surface area contributed by atoms with E-state index in [1.165, 1.54) is 21.2 Å². The Bertz CT molecular complexity index is 982. The molecule has 0 spiro atoms. The second-order valence-corrected chi connectivity index (χ2v) is 8.79. The van der Waals surface area contributed by atoms with Crippen LogP contribution in [0.25, 0.3) is 6.08 Å². The van der Waals surface area contributed by atoms with Crippen molar-refractivity contribution >= 4 is 46.1 Å². The molecule has 148 valence electrons. The van der Waals surface area contributed by atoms with Crippen LogP contribution in [0.2, 0.25) is 0 Å². The molecule has 3 heterocycles. The van der Waals surface area contributed by atoms with Crippen LogP contribution in [0, 0.1) is 18.3 Å². The number of hydrogen-bond acceptors (Lipinski definition) is 7. The number of carbonyl (C=O) groups is 1. The number of rotatable bonds is 2. The number of nitriles is 1. The van der Waals surface area contributed by atoms with Crippen molar-refractivity contribution in [2.75, 3.05) is 25.0 Å². The minimum Gasteiger partial charge on any atom is -0.372 e. The summed E-state index contributed by atoms with van der Waals surface area (Å²) in [7, 11) is 3.30. The molecular weight excluding hydrogens is 396 g/mol. The third kappa shape index (κ3) is 3.48. The molecule has 2 aliphatic rings. The zero-order chi connectivity index (χ0) is 20.7. The lowest BCUT2D eigenvalue weighted by molar-refractivity contribution is -0.121. The topological polar surface area (TPSA) is 78.6 Å². The first kappa shape index (κ1) is 20.6. The quantitative estimate of drug-likeness (QED) is 0.537. The van der Waals surface area contributed by atoms with Gasteiger partial charge < -0.3 is 9.64 Å². The van der Waals surface area contributed by atoms with Crippen molar-refractivity contribution in [1.29, 1.82) is 5.26 Å². The van der Waals surface area contributed by atoms with Crippen molar-refractivity contribution in [3.8, 4) is 6.07 Å². The highest BCUT2D eigenvalue weighted by molar-refractivity contribution is 8.26. The number of thiocarbonyl (C=S) groups is 1. The first-order valence-electron chi connectivity index (χ1n) is 8.91. The molecule has 1 aromatic heterocycles. The van der Waals surface area contributed by atoms with E-state index in [-0.39, 0.29) is 29.2 Å². The minimum atomic E-state index is -0.345. The lowest BCUT2D eigenvalue weighted by Crippen LogP contribution is -2.47. The summed E-state index contributed by atoms with van der Waals surface area (Å²) in [4.78, 5) is 29.3. The predicted octanol–water partition coefficient (Wildman–Crippen LogP) is 2.01. The van der Waals surface area contributed by atoms with E-state index in [0.29, 0.717) is 39.3 Å². The maximum atomic E-state index is 12.8. The number of aromatic nitrogens is 1. The number of ether oxygens (including phenoxy) is 1. The summed E-state index contributed by atoms with van der Waals surface area (Å²) in [5, 5.41) is 9.51. The van der Waals surface area contributed by atoms with Gasteiger partial charge in [-0.1, -0.05) is 24.0 Å². The summed E-state index contributed by atoms with van der Waals surface area (Å²) >= 11 is 6.44. The molecule has 0 aliphatic carbocycles. The number of amides is 1. The fourth-order valence-corrected chi connectivity index (χ4v) is 4.78. The molecule has 1 amide bonds.